The lowest BCUT2D eigenvalue weighted by Gasteiger charge is -2.14. The van der Waals surface area contributed by atoms with Gasteiger partial charge in [0, 0.05) is 30.6 Å². The number of allylic oxidation sites excluding steroid dienone is 1. The molecule has 0 fully saturated rings. The molecular formula is C16H17N3O2. The third-order valence-electron chi connectivity index (χ3n) is 3.70. The SMILES string of the molecule is C=CCn1nc2c(c1C(=O)COC)CCc1cnccc1-2. The third kappa shape index (κ3) is 2.29. The summed E-state index contributed by atoms with van der Waals surface area (Å²) in [5, 5.41) is 4.63. The Hall–Kier alpha value is -2.27. The van der Waals surface area contributed by atoms with Crippen molar-refractivity contribution in [1.29, 1.82) is 0 Å². The summed E-state index contributed by atoms with van der Waals surface area (Å²) in [5.74, 6) is -0.0365. The molecule has 0 radical (unpaired) electrons. The fourth-order valence-corrected chi connectivity index (χ4v) is 2.84. The zero-order valence-corrected chi connectivity index (χ0v) is 12.0. The number of ether oxygens (including phenoxy) is 1. The minimum Gasteiger partial charge on any atom is -0.376 e. The van der Waals surface area contributed by atoms with E-state index in [2.05, 4.69) is 16.7 Å². The second kappa shape index (κ2) is 5.61. The van der Waals surface area contributed by atoms with Crippen LogP contribution in [-0.2, 0) is 24.1 Å². The average Bonchev–Trinajstić information content (AvgIpc) is 2.86. The average molecular weight is 283 g/mol. The van der Waals surface area contributed by atoms with E-state index in [9.17, 15) is 4.79 Å². The number of aromatic nitrogens is 3. The number of hydrogen-bond acceptors (Lipinski definition) is 4. The number of ketones is 1. The molecule has 0 N–H and O–H groups in total. The van der Waals surface area contributed by atoms with Crippen molar-refractivity contribution < 1.29 is 9.53 Å². The van der Waals surface area contributed by atoms with Gasteiger partial charge in [-0.05, 0) is 24.5 Å². The van der Waals surface area contributed by atoms with E-state index in [-0.39, 0.29) is 12.4 Å². The van der Waals surface area contributed by atoms with E-state index in [0.717, 1.165) is 29.7 Å². The number of hydrogen-bond donors (Lipinski definition) is 0. The molecule has 1 aliphatic rings. The molecule has 5 nitrogen and oxygen atoms in total. The predicted octanol–water partition coefficient (Wildman–Crippen LogP) is 2.06. The number of rotatable bonds is 5. The Bertz CT molecular complexity index is 704. The van der Waals surface area contributed by atoms with Crippen LogP contribution >= 0.6 is 0 Å². The number of methoxy groups -OCH3 is 1. The number of pyridine rings is 1. The van der Waals surface area contributed by atoms with Crippen molar-refractivity contribution in [3.8, 4) is 11.3 Å². The van der Waals surface area contributed by atoms with Gasteiger partial charge in [-0.3, -0.25) is 14.5 Å². The molecule has 0 unspecified atom stereocenters. The van der Waals surface area contributed by atoms with Crippen molar-refractivity contribution in [2.24, 2.45) is 0 Å². The van der Waals surface area contributed by atoms with Gasteiger partial charge in [0.25, 0.3) is 0 Å². The Balaban J connectivity index is 2.16. The highest BCUT2D eigenvalue weighted by Crippen LogP contribution is 2.34. The van der Waals surface area contributed by atoms with Crippen LogP contribution in [-0.4, -0.2) is 34.3 Å². The lowest BCUT2D eigenvalue weighted by Crippen LogP contribution is -2.16. The van der Waals surface area contributed by atoms with E-state index in [1.165, 1.54) is 12.7 Å². The topological polar surface area (TPSA) is 57.0 Å². The van der Waals surface area contributed by atoms with Crippen LogP contribution in [0.25, 0.3) is 11.3 Å². The molecule has 0 saturated heterocycles. The van der Waals surface area contributed by atoms with E-state index in [4.69, 9.17) is 4.74 Å². The molecule has 0 spiro atoms. The summed E-state index contributed by atoms with van der Waals surface area (Å²) < 4.78 is 6.73. The third-order valence-corrected chi connectivity index (χ3v) is 3.70. The van der Waals surface area contributed by atoms with Gasteiger partial charge in [0.05, 0.1) is 12.2 Å². The Morgan fingerprint density at radius 1 is 1.52 bits per heavy atom. The Kier molecular flexibility index (Phi) is 3.66. The Morgan fingerprint density at radius 2 is 2.38 bits per heavy atom. The molecule has 1 aliphatic carbocycles. The molecule has 5 heteroatoms. The van der Waals surface area contributed by atoms with Crippen LogP contribution in [0.5, 0.6) is 0 Å². The molecule has 108 valence electrons. The van der Waals surface area contributed by atoms with E-state index in [0.29, 0.717) is 12.2 Å². The predicted molar refractivity (Wildman–Crippen MR) is 79.3 cm³/mol. The molecular weight excluding hydrogens is 266 g/mol. The molecule has 21 heavy (non-hydrogen) atoms. The van der Waals surface area contributed by atoms with Crippen LogP contribution in [0.2, 0.25) is 0 Å². The van der Waals surface area contributed by atoms with Crippen molar-refractivity contribution in [2.45, 2.75) is 19.4 Å². The molecule has 0 bridgehead atoms. The van der Waals surface area contributed by atoms with Crippen molar-refractivity contribution in [1.82, 2.24) is 14.8 Å². The van der Waals surface area contributed by atoms with Crippen molar-refractivity contribution in [2.75, 3.05) is 13.7 Å². The van der Waals surface area contributed by atoms with Crippen LogP contribution < -0.4 is 0 Å². The van der Waals surface area contributed by atoms with E-state index in [1.807, 2.05) is 12.3 Å². The van der Waals surface area contributed by atoms with Crippen LogP contribution in [0.15, 0.2) is 31.1 Å². The molecule has 0 saturated carbocycles. The standard InChI is InChI=1S/C16H17N3O2/c1-3-8-19-16(14(20)10-21-2)13-5-4-11-9-17-7-6-12(11)15(13)18-19/h3,6-7,9H,1,4-5,8,10H2,2H3. The first-order chi connectivity index (χ1) is 10.3. The second-order valence-corrected chi connectivity index (χ2v) is 5.04. The van der Waals surface area contributed by atoms with E-state index in [1.54, 1.807) is 17.0 Å². The van der Waals surface area contributed by atoms with Crippen molar-refractivity contribution >= 4 is 5.78 Å². The molecule has 2 aromatic heterocycles. The van der Waals surface area contributed by atoms with E-state index >= 15 is 0 Å². The molecule has 2 aromatic rings. The van der Waals surface area contributed by atoms with Gasteiger partial charge in [-0.15, -0.1) is 6.58 Å². The quantitative estimate of drug-likeness (QED) is 0.622. The van der Waals surface area contributed by atoms with Gasteiger partial charge in [-0.1, -0.05) is 6.08 Å². The van der Waals surface area contributed by atoms with Crippen molar-refractivity contribution in [3.63, 3.8) is 0 Å². The highest BCUT2D eigenvalue weighted by atomic mass is 16.5. The number of carbonyl (C=O) groups excluding carboxylic acids is 1. The van der Waals surface area contributed by atoms with Gasteiger partial charge in [-0.25, -0.2) is 0 Å². The van der Waals surface area contributed by atoms with Crippen LogP contribution in [0.4, 0.5) is 0 Å². The molecule has 0 aliphatic heterocycles. The maximum atomic E-state index is 12.4. The van der Waals surface area contributed by atoms with Gasteiger partial charge in [-0.2, -0.15) is 5.10 Å². The number of carbonyl (C=O) groups is 1. The Labute approximate surface area is 123 Å². The second-order valence-electron chi connectivity index (χ2n) is 5.04. The van der Waals surface area contributed by atoms with Gasteiger partial charge < -0.3 is 4.74 Å². The van der Waals surface area contributed by atoms with Crippen LogP contribution in [0, 0.1) is 0 Å². The number of Topliss-reactive ketones (excluding diaryl/α,β-unsaturated/α-hetero) is 1. The Morgan fingerprint density at radius 3 is 3.14 bits per heavy atom. The lowest BCUT2D eigenvalue weighted by molar-refractivity contribution is 0.0836. The zero-order chi connectivity index (χ0) is 14.8. The first kappa shape index (κ1) is 13.7. The monoisotopic (exact) mass is 283 g/mol. The first-order valence-corrected chi connectivity index (χ1v) is 6.92. The smallest absolute Gasteiger partial charge is 0.206 e. The number of nitrogens with zero attached hydrogens (tertiary/aromatic N) is 3. The summed E-state index contributed by atoms with van der Waals surface area (Å²) in [6.45, 7) is 4.32. The van der Waals surface area contributed by atoms with E-state index < -0.39 is 0 Å². The maximum Gasteiger partial charge on any atom is 0.206 e. The maximum absolute atomic E-state index is 12.4. The summed E-state index contributed by atoms with van der Waals surface area (Å²) in [6.07, 6.45) is 7.06. The summed E-state index contributed by atoms with van der Waals surface area (Å²) >= 11 is 0. The molecule has 3 rings (SSSR count). The largest absolute Gasteiger partial charge is 0.376 e. The summed E-state index contributed by atoms with van der Waals surface area (Å²) in [4.78, 5) is 16.5. The zero-order valence-electron chi connectivity index (χ0n) is 12.0. The van der Waals surface area contributed by atoms with Gasteiger partial charge in [0.2, 0.25) is 5.78 Å². The summed E-state index contributed by atoms with van der Waals surface area (Å²) in [5.41, 5.74) is 4.80. The van der Waals surface area contributed by atoms with Crippen molar-refractivity contribution in [3.05, 3.63) is 47.9 Å². The summed E-state index contributed by atoms with van der Waals surface area (Å²) in [6, 6.07) is 1.96. The fourth-order valence-electron chi connectivity index (χ4n) is 2.84. The summed E-state index contributed by atoms with van der Waals surface area (Å²) in [7, 11) is 1.53. The van der Waals surface area contributed by atoms with Crippen LogP contribution in [0.3, 0.4) is 0 Å². The lowest BCUT2D eigenvalue weighted by atomic mass is 9.90. The molecule has 0 aromatic carbocycles. The minimum absolute atomic E-state index is 0.0365. The number of fused-ring (bicyclic) bond motifs is 3. The van der Waals surface area contributed by atoms with Gasteiger partial charge >= 0.3 is 0 Å². The highest BCUT2D eigenvalue weighted by molar-refractivity contribution is 5.98. The van der Waals surface area contributed by atoms with Crippen LogP contribution in [0.1, 0.15) is 21.6 Å². The molecule has 2 heterocycles. The first-order valence-electron chi connectivity index (χ1n) is 6.92. The number of aryl methyl sites for hydroxylation is 1. The molecule has 0 atom stereocenters. The van der Waals surface area contributed by atoms with Gasteiger partial charge in [0.15, 0.2) is 0 Å². The normalized spacial score (nSPS) is 12.6. The molecule has 0 amide bonds. The highest BCUT2D eigenvalue weighted by Gasteiger charge is 2.27. The fraction of sp³-hybridized carbons (Fsp3) is 0.312. The minimum atomic E-state index is -0.0365. The van der Waals surface area contributed by atoms with Gasteiger partial charge in [0.1, 0.15) is 12.3 Å².